The molecule has 5 N–H and O–H groups in total. The van der Waals surface area contributed by atoms with Crippen LogP contribution in [0.4, 0.5) is 4.79 Å². The summed E-state index contributed by atoms with van der Waals surface area (Å²) in [4.78, 5) is 52.5. The van der Waals surface area contributed by atoms with Crippen LogP contribution in [0.1, 0.15) is 0 Å². The van der Waals surface area contributed by atoms with Gasteiger partial charge in [0.15, 0.2) is 0 Å². The molecule has 0 saturated heterocycles. The third kappa shape index (κ3) is 36.9. The first-order valence-electron chi connectivity index (χ1n) is 6.12. The van der Waals surface area contributed by atoms with E-state index in [9.17, 15) is 24.3 Å². The van der Waals surface area contributed by atoms with Crippen molar-refractivity contribution >= 4 is 30.0 Å². The molecule has 146 valence electrons. The Morgan fingerprint density at radius 2 is 0.821 bits per heavy atom. The van der Waals surface area contributed by atoms with Crippen molar-refractivity contribution in [3.05, 3.63) is 0 Å². The van der Waals surface area contributed by atoms with E-state index in [0.717, 1.165) is 9.80 Å². The summed E-state index contributed by atoms with van der Waals surface area (Å²) in [5, 5.41) is 52.9. The van der Waals surface area contributed by atoms with Gasteiger partial charge in [-0.05, 0) is 6.16 Å². The Morgan fingerprint density at radius 1 is 0.607 bits per heavy atom. The normalized spacial score (nSPS) is 8.50. The van der Waals surface area contributed by atoms with Crippen LogP contribution < -0.4 is 104 Å². The van der Waals surface area contributed by atoms with E-state index in [1.165, 1.54) is 0 Å². The van der Waals surface area contributed by atoms with Gasteiger partial charge in [-0.3, -0.25) is 24.2 Å². The molecule has 28 heavy (non-hydrogen) atoms. The molecule has 0 aromatic rings. The molecule has 0 aromatic carbocycles. The van der Waals surface area contributed by atoms with Gasteiger partial charge < -0.3 is 45.7 Å². The monoisotopic (exact) mass is 438 g/mol. The van der Waals surface area contributed by atoms with Crippen molar-refractivity contribution in [3.8, 4) is 0 Å². The standard InChI is InChI=1S/C10H16N2O8.CH2O3.3Na.H2O/c13-7(14)3-11(4-8(15)16)1-2-12(5-9(17)18)6-10(19)20;2-1(3)4;;;;/h1-6H2,(H,13,14)(H,15,16)(H,17,18)(H,19,20);(H2,2,3,4);;;;1H2/q;;3*+1;/p-3. The van der Waals surface area contributed by atoms with Gasteiger partial charge in [0.05, 0.1) is 25.6 Å². The van der Waals surface area contributed by atoms with Crippen molar-refractivity contribution in [3.63, 3.8) is 0 Å². The van der Waals surface area contributed by atoms with Crippen LogP contribution in [0.15, 0.2) is 0 Å². The number of carboxylic acids is 4. The molecule has 0 fully saturated rings. The van der Waals surface area contributed by atoms with Crippen LogP contribution in [0.5, 0.6) is 0 Å². The minimum Gasteiger partial charge on any atom is -0.652 e. The van der Waals surface area contributed by atoms with Gasteiger partial charge in [-0.2, -0.15) is 0 Å². The van der Waals surface area contributed by atoms with Gasteiger partial charge in [0.2, 0.25) is 0 Å². The SMILES string of the molecule is O.O=C([O-])CN(CCN(CC(=O)O)CC(=O)O)CC(=O)O.O=C([O-])[O-].[Na+].[Na+].[Na+]. The smallest absolute Gasteiger partial charge is 0.652 e. The number of aliphatic carboxylic acids is 4. The van der Waals surface area contributed by atoms with Crippen molar-refractivity contribution in [1.82, 2.24) is 9.80 Å². The second-order valence-corrected chi connectivity index (χ2v) is 4.22. The van der Waals surface area contributed by atoms with E-state index in [2.05, 4.69) is 0 Å². The zero-order chi connectivity index (χ0) is 19.3. The number of carbonyl (C=O) groups excluding carboxylic acids is 2. The maximum Gasteiger partial charge on any atom is 1.00 e. The van der Waals surface area contributed by atoms with Gasteiger partial charge in [0.1, 0.15) is 0 Å². The first kappa shape index (κ1) is 42.2. The summed E-state index contributed by atoms with van der Waals surface area (Å²) < 4.78 is 0. The molecule has 0 unspecified atom stereocenters. The average Bonchev–Trinajstić information content (AvgIpc) is 2.32. The van der Waals surface area contributed by atoms with Gasteiger partial charge >= 0.3 is 107 Å². The quantitative estimate of drug-likeness (QED) is 0.254. The Morgan fingerprint density at radius 3 is 1.00 bits per heavy atom. The molecule has 0 saturated carbocycles. The summed E-state index contributed by atoms with van der Waals surface area (Å²) in [6.45, 7) is -2.50. The molecule has 14 nitrogen and oxygen atoms in total. The summed E-state index contributed by atoms with van der Waals surface area (Å²) in [6.07, 6.45) is -2.33. The first-order chi connectivity index (χ1) is 10.9. The number of nitrogens with zero attached hydrogens (tertiary/aromatic N) is 2. The number of carbonyl (C=O) groups is 5. The predicted molar refractivity (Wildman–Crippen MR) is 69.8 cm³/mol. The Labute approximate surface area is 225 Å². The van der Waals surface area contributed by atoms with Crippen LogP contribution in [-0.2, 0) is 19.2 Å². The number of rotatable bonds is 11. The van der Waals surface area contributed by atoms with Crippen LogP contribution in [0.25, 0.3) is 0 Å². The van der Waals surface area contributed by atoms with Crippen molar-refractivity contribution < 1.29 is 149 Å². The fraction of sp³-hybridized carbons (Fsp3) is 0.545. The van der Waals surface area contributed by atoms with E-state index < -0.39 is 56.2 Å². The molecule has 0 aliphatic carbocycles. The van der Waals surface area contributed by atoms with E-state index in [1.807, 2.05) is 0 Å². The van der Waals surface area contributed by atoms with Gasteiger partial charge in [-0.15, -0.1) is 0 Å². The largest absolute Gasteiger partial charge is 1.00 e. The molecule has 0 radical (unpaired) electrons. The van der Waals surface area contributed by atoms with Crippen LogP contribution >= 0.6 is 0 Å². The molecule has 0 rings (SSSR count). The molecule has 0 bridgehead atoms. The Kier molecular flexibility index (Phi) is 37.8. The fourth-order valence-corrected chi connectivity index (χ4v) is 1.47. The van der Waals surface area contributed by atoms with Gasteiger partial charge in [-0.1, -0.05) is 0 Å². The van der Waals surface area contributed by atoms with E-state index in [-0.39, 0.29) is 107 Å². The van der Waals surface area contributed by atoms with Gasteiger partial charge in [-0.25, -0.2) is 0 Å². The molecule has 17 heteroatoms. The second kappa shape index (κ2) is 25.1. The van der Waals surface area contributed by atoms with E-state index >= 15 is 0 Å². The third-order valence-corrected chi connectivity index (χ3v) is 2.16. The molecule has 0 spiro atoms. The minimum absolute atomic E-state index is 0. The molecule has 0 atom stereocenters. The Balaban J connectivity index is -0.000000137. The van der Waals surface area contributed by atoms with Crippen molar-refractivity contribution in [2.45, 2.75) is 0 Å². The molecule has 0 aromatic heterocycles. The summed E-state index contributed by atoms with van der Waals surface area (Å²) >= 11 is 0. The predicted octanol–water partition coefficient (Wildman–Crippen LogP) is -15.7. The van der Waals surface area contributed by atoms with Gasteiger partial charge in [0.25, 0.3) is 0 Å². The average molecular weight is 438 g/mol. The first-order valence-corrected chi connectivity index (χ1v) is 6.12. The van der Waals surface area contributed by atoms with Gasteiger partial charge in [0, 0.05) is 19.6 Å². The van der Waals surface area contributed by atoms with Crippen LogP contribution in [0, 0.1) is 0 Å². The van der Waals surface area contributed by atoms with Crippen molar-refractivity contribution in [2.75, 3.05) is 39.3 Å². The van der Waals surface area contributed by atoms with Crippen LogP contribution in [-0.4, -0.2) is 99.9 Å². The number of hydrogen-bond donors (Lipinski definition) is 3. The maximum atomic E-state index is 10.5. The Hall–Kier alpha value is 0.0300. The summed E-state index contributed by atoms with van der Waals surface area (Å²) in [6, 6.07) is 0. The third-order valence-electron chi connectivity index (χ3n) is 2.16. The summed E-state index contributed by atoms with van der Waals surface area (Å²) in [5.74, 6) is -5.21. The van der Waals surface area contributed by atoms with Crippen LogP contribution in [0.2, 0.25) is 0 Å². The number of hydrogen-bond acceptors (Lipinski definition) is 10. The summed E-state index contributed by atoms with van der Waals surface area (Å²) in [7, 11) is 0. The second-order valence-electron chi connectivity index (χ2n) is 4.22. The zero-order valence-corrected chi connectivity index (χ0v) is 21.7. The summed E-state index contributed by atoms with van der Waals surface area (Å²) in [5.41, 5.74) is 0. The fourth-order valence-electron chi connectivity index (χ4n) is 1.47. The zero-order valence-electron chi connectivity index (χ0n) is 15.7. The van der Waals surface area contributed by atoms with Crippen molar-refractivity contribution in [1.29, 1.82) is 0 Å². The van der Waals surface area contributed by atoms with Crippen LogP contribution in [0.3, 0.4) is 0 Å². The van der Waals surface area contributed by atoms with Crippen molar-refractivity contribution in [2.24, 2.45) is 0 Å². The molecular weight excluding hydrogens is 421 g/mol. The topological polar surface area (TPSA) is 253 Å². The Bertz CT molecular complexity index is 408. The molecule has 0 amide bonds. The number of carboxylic acid groups (broad SMARTS) is 6. The minimum atomic E-state index is -2.33. The molecule has 0 aliphatic rings. The van der Waals surface area contributed by atoms with E-state index in [0.29, 0.717) is 0 Å². The molecule has 0 heterocycles. The van der Waals surface area contributed by atoms with E-state index in [1.54, 1.807) is 0 Å². The maximum absolute atomic E-state index is 10.5. The van der Waals surface area contributed by atoms with E-state index in [4.69, 9.17) is 30.3 Å². The molecule has 0 aliphatic heterocycles. The molecular formula is C11H17N2Na3O12.